The third-order valence-corrected chi connectivity index (χ3v) is 10.2. The van der Waals surface area contributed by atoms with Gasteiger partial charge < -0.3 is 24.6 Å². The Kier molecular flexibility index (Phi) is 8.82. The van der Waals surface area contributed by atoms with Crippen LogP contribution in [0.2, 0.25) is 5.02 Å². The summed E-state index contributed by atoms with van der Waals surface area (Å²) < 4.78 is 62.6. The second kappa shape index (κ2) is 13.1. The Balaban J connectivity index is 1.30. The standard InChI is InChI=1S/C34H30ClF4N9O5/c1-16-13-33(7-10-46(11-8-33)31(52)25-27(50)17(2)41-15-42-25)23-26(16)47(14-22(49)43-21-5-4-18(12-20(21)35)34(37,38)39)32-44-28(45-48(32)30(23)51)19-6-9-40-29(53-3)24(19)36/h4-6,9,12,15-16,50H,7-8,10-11,13-14H2,1-3H3,(H,43,49). The Morgan fingerprint density at radius 2 is 1.89 bits per heavy atom. The predicted octanol–water partition coefficient (Wildman–Crippen LogP) is 4.90. The first-order chi connectivity index (χ1) is 25.1. The molecule has 1 aromatic carbocycles. The maximum Gasteiger partial charge on any atom is 0.416 e. The molecule has 276 valence electrons. The van der Waals surface area contributed by atoms with Crippen LogP contribution in [-0.2, 0) is 22.9 Å². The number of carbonyl (C=O) groups excluding carboxylic acids is 2. The normalized spacial score (nSPS) is 16.6. The molecule has 1 atom stereocenters. The largest absolute Gasteiger partial charge is 0.504 e. The summed E-state index contributed by atoms with van der Waals surface area (Å²) >= 11 is 6.12. The SMILES string of the molecule is COc1nccc(-c2nc3n(CC(=O)Nc4ccc(C(F)(F)F)cc4Cl)c4c(c(=O)n3n2)C2(CCN(C(=O)c3ncnc(C)c3O)CC2)CC4C)c1F. The van der Waals surface area contributed by atoms with Gasteiger partial charge in [0.2, 0.25) is 11.7 Å². The zero-order valence-electron chi connectivity index (χ0n) is 28.3. The van der Waals surface area contributed by atoms with E-state index in [4.69, 9.17) is 16.3 Å². The van der Waals surface area contributed by atoms with E-state index in [1.807, 2.05) is 6.92 Å². The lowest BCUT2D eigenvalue weighted by Crippen LogP contribution is -2.46. The molecule has 1 spiro atoms. The van der Waals surface area contributed by atoms with Crippen LogP contribution in [0.25, 0.3) is 17.2 Å². The molecule has 1 aliphatic heterocycles. The van der Waals surface area contributed by atoms with E-state index in [1.165, 1.54) is 30.3 Å². The number of benzene rings is 1. The van der Waals surface area contributed by atoms with Crippen molar-refractivity contribution in [1.29, 1.82) is 0 Å². The lowest BCUT2D eigenvalue weighted by Gasteiger charge is -2.39. The van der Waals surface area contributed by atoms with Gasteiger partial charge in [-0.25, -0.2) is 19.3 Å². The van der Waals surface area contributed by atoms with Crippen LogP contribution >= 0.6 is 11.6 Å². The number of hydrogen-bond donors (Lipinski definition) is 2. The van der Waals surface area contributed by atoms with Gasteiger partial charge in [0.15, 0.2) is 23.1 Å². The summed E-state index contributed by atoms with van der Waals surface area (Å²) in [5.74, 6) is -3.30. The van der Waals surface area contributed by atoms with Crippen molar-refractivity contribution >= 4 is 34.9 Å². The quantitative estimate of drug-likeness (QED) is 0.228. The minimum Gasteiger partial charge on any atom is -0.504 e. The van der Waals surface area contributed by atoms with Crippen molar-refractivity contribution in [3.05, 3.63) is 86.2 Å². The van der Waals surface area contributed by atoms with Crippen LogP contribution in [-0.4, -0.2) is 76.1 Å². The van der Waals surface area contributed by atoms with Gasteiger partial charge in [0, 0.05) is 36.0 Å². The highest BCUT2D eigenvalue weighted by atomic mass is 35.5. The van der Waals surface area contributed by atoms with Gasteiger partial charge in [-0.1, -0.05) is 18.5 Å². The summed E-state index contributed by atoms with van der Waals surface area (Å²) in [6.45, 7) is 3.38. The summed E-state index contributed by atoms with van der Waals surface area (Å²) in [5, 5.41) is 17.0. The number of halogens is 5. The van der Waals surface area contributed by atoms with E-state index in [9.17, 15) is 32.7 Å². The van der Waals surface area contributed by atoms with E-state index < -0.39 is 46.9 Å². The molecule has 2 N–H and O–H groups in total. The van der Waals surface area contributed by atoms with Gasteiger partial charge in [0.05, 0.1) is 34.6 Å². The first-order valence-corrected chi connectivity index (χ1v) is 16.7. The van der Waals surface area contributed by atoms with Crippen LogP contribution in [0, 0.1) is 12.7 Å². The Hall–Kier alpha value is -5.65. The number of carbonyl (C=O) groups is 2. The number of aromatic hydroxyl groups is 1. The van der Waals surface area contributed by atoms with Crippen LogP contribution in [0.15, 0.2) is 41.6 Å². The molecule has 1 unspecified atom stereocenters. The summed E-state index contributed by atoms with van der Waals surface area (Å²) in [7, 11) is 1.24. The van der Waals surface area contributed by atoms with Gasteiger partial charge >= 0.3 is 6.18 Å². The third kappa shape index (κ3) is 6.09. The maximum absolute atomic E-state index is 15.4. The first kappa shape index (κ1) is 35.7. The zero-order chi connectivity index (χ0) is 38.0. The highest BCUT2D eigenvalue weighted by Crippen LogP contribution is 2.50. The summed E-state index contributed by atoms with van der Waals surface area (Å²) in [4.78, 5) is 59.3. The monoisotopic (exact) mass is 755 g/mol. The molecule has 0 saturated carbocycles. The lowest BCUT2D eigenvalue weighted by molar-refractivity contribution is -0.137. The molecule has 0 bridgehead atoms. The molecule has 1 fully saturated rings. The number of rotatable bonds is 6. The number of pyridine rings is 1. The van der Waals surface area contributed by atoms with Crippen molar-refractivity contribution in [2.75, 3.05) is 25.5 Å². The Morgan fingerprint density at radius 3 is 2.57 bits per heavy atom. The molecule has 4 aromatic heterocycles. The van der Waals surface area contributed by atoms with E-state index in [0.29, 0.717) is 36.6 Å². The number of ether oxygens (including phenoxy) is 1. The fourth-order valence-corrected chi connectivity index (χ4v) is 7.60. The van der Waals surface area contributed by atoms with E-state index in [1.54, 1.807) is 11.8 Å². The Labute approximate surface area is 302 Å². The summed E-state index contributed by atoms with van der Waals surface area (Å²) in [6.07, 6.45) is -1.02. The molecule has 2 amide bonds. The predicted molar refractivity (Wildman–Crippen MR) is 180 cm³/mol. The van der Waals surface area contributed by atoms with Gasteiger partial charge in [0.25, 0.3) is 17.3 Å². The minimum absolute atomic E-state index is 0.0713. The fraction of sp³-hybridized carbons (Fsp3) is 0.353. The van der Waals surface area contributed by atoms with Gasteiger partial charge in [-0.2, -0.15) is 22.7 Å². The molecule has 14 nitrogen and oxygen atoms in total. The minimum atomic E-state index is -4.65. The molecule has 5 heterocycles. The van der Waals surface area contributed by atoms with Gasteiger partial charge in [0.1, 0.15) is 12.9 Å². The lowest BCUT2D eigenvalue weighted by atomic mass is 9.73. The van der Waals surface area contributed by atoms with Crippen molar-refractivity contribution in [3.8, 4) is 23.0 Å². The molecule has 5 aromatic rings. The number of fused-ring (bicyclic) bond motifs is 3. The number of hydrogen-bond acceptors (Lipinski definition) is 10. The summed E-state index contributed by atoms with van der Waals surface area (Å²) in [6, 6.07) is 3.83. The smallest absolute Gasteiger partial charge is 0.416 e. The molecule has 19 heteroatoms. The van der Waals surface area contributed by atoms with Crippen molar-refractivity contribution in [2.45, 2.75) is 57.2 Å². The summed E-state index contributed by atoms with van der Waals surface area (Å²) in [5.41, 5.74) is -1.54. The number of aryl methyl sites for hydroxylation is 1. The second-order valence-electron chi connectivity index (χ2n) is 13.1. The van der Waals surface area contributed by atoms with Gasteiger partial charge in [-0.15, -0.1) is 5.10 Å². The molecule has 2 aliphatic rings. The van der Waals surface area contributed by atoms with Crippen LogP contribution in [0.4, 0.5) is 23.2 Å². The number of amides is 2. The van der Waals surface area contributed by atoms with Gasteiger partial charge in [-0.3, -0.25) is 14.4 Å². The number of methoxy groups -OCH3 is 1. The molecular formula is C34H30ClF4N9O5. The van der Waals surface area contributed by atoms with Crippen molar-refractivity contribution in [2.24, 2.45) is 0 Å². The number of aromatic nitrogens is 7. The zero-order valence-corrected chi connectivity index (χ0v) is 29.1. The average molecular weight is 756 g/mol. The average Bonchev–Trinajstić information content (AvgIpc) is 3.68. The molecule has 0 radical (unpaired) electrons. The number of likely N-dealkylation sites (tertiary alicyclic amines) is 1. The highest BCUT2D eigenvalue weighted by molar-refractivity contribution is 6.33. The van der Waals surface area contributed by atoms with Crippen LogP contribution < -0.4 is 15.6 Å². The first-order valence-electron chi connectivity index (χ1n) is 16.3. The highest BCUT2D eigenvalue weighted by Gasteiger charge is 2.49. The van der Waals surface area contributed by atoms with Crippen molar-refractivity contribution in [1.82, 2.24) is 39.0 Å². The number of alkyl halides is 3. The number of nitrogens with one attached hydrogen (secondary N) is 1. The topological polar surface area (TPSA) is 170 Å². The number of piperidine rings is 1. The molecular weight excluding hydrogens is 726 g/mol. The third-order valence-electron chi connectivity index (χ3n) is 9.86. The molecule has 53 heavy (non-hydrogen) atoms. The van der Waals surface area contributed by atoms with Crippen LogP contribution in [0.3, 0.4) is 0 Å². The van der Waals surface area contributed by atoms with Gasteiger partial charge in [-0.05, 0) is 56.4 Å². The molecule has 7 rings (SSSR count). The Bertz CT molecular complexity index is 2370. The number of anilines is 1. The van der Waals surface area contributed by atoms with E-state index in [2.05, 4.69) is 30.4 Å². The Morgan fingerprint density at radius 1 is 1.15 bits per heavy atom. The number of nitrogens with zero attached hydrogens (tertiary/aromatic N) is 8. The maximum atomic E-state index is 15.4. The van der Waals surface area contributed by atoms with E-state index in [-0.39, 0.29) is 69.9 Å². The van der Waals surface area contributed by atoms with Crippen molar-refractivity contribution in [3.63, 3.8) is 0 Å². The second-order valence-corrected chi connectivity index (χ2v) is 13.5. The van der Waals surface area contributed by atoms with E-state index >= 15 is 4.39 Å². The van der Waals surface area contributed by atoms with E-state index in [0.717, 1.165) is 16.6 Å². The van der Waals surface area contributed by atoms with Crippen molar-refractivity contribution < 1.29 is 37.0 Å². The van der Waals surface area contributed by atoms with Crippen LogP contribution in [0.5, 0.6) is 11.6 Å². The van der Waals surface area contributed by atoms with Crippen LogP contribution in [0.1, 0.15) is 65.1 Å². The fourth-order valence-electron chi connectivity index (χ4n) is 7.37. The molecule has 1 saturated heterocycles. The molecule has 1 aliphatic carbocycles.